The average molecular weight is 367 g/mol. The van der Waals surface area contributed by atoms with Crippen LogP contribution < -0.4 is 15.4 Å². The van der Waals surface area contributed by atoms with Gasteiger partial charge in [-0.1, -0.05) is 35.3 Å². The number of hydrogen-bond donors (Lipinski definition) is 2. The van der Waals surface area contributed by atoms with Crippen molar-refractivity contribution in [2.75, 3.05) is 19.0 Å². The predicted molar refractivity (Wildman–Crippen MR) is 99.1 cm³/mol. The molecule has 0 heterocycles. The molecular weight excluding hydrogens is 347 g/mol. The summed E-state index contributed by atoms with van der Waals surface area (Å²) in [5, 5.41) is 7.39. The van der Waals surface area contributed by atoms with Crippen LogP contribution in [0.2, 0.25) is 10.0 Å². The first-order valence-corrected chi connectivity index (χ1v) is 8.37. The number of benzene rings is 2. The minimum atomic E-state index is -0.100. The molecule has 128 valence electrons. The number of carbonyl (C=O) groups excluding carboxylic acids is 1. The Balaban J connectivity index is 1.84. The number of amides is 1. The van der Waals surface area contributed by atoms with Gasteiger partial charge >= 0.3 is 0 Å². The van der Waals surface area contributed by atoms with E-state index in [4.69, 9.17) is 27.9 Å². The van der Waals surface area contributed by atoms with Crippen molar-refractivity contribution in [3.05, 3.63) is 58.1 Å². The second-order valence-electron chi connectivity index (χ2n) is 5.37. The van der Waals surface area contributed by atoms with Crippen LogP contribution in [0.5, 0.6) is 5.75 Å². The molecule has 6 heteroatoms. The highest BCUT2D eigenvalue weighted by Gasteiger charge is 2.10. The fraction of sp³-hybridized carbons (Fsp3) is 0.278. The molecule has 0 saturated carbocycles. The number of anilines is 1. The van der Waals surface area contributed by atoms with Crippen molar-refractivity contribution in [2.24, 2.45) is 0 Å². The molecule has 0 aliphatic heterocycles. The van der Waals surface area contributed by atoms with Crippen molar-refractivity contribution in [3.8, 4) is 5.75 Å². The Labute approximate surface area is 152 Å². The molecule has 1 atom stereocenters. The summed E-state index contributed by atoms with van der Waals surface area (Å²) in [7, 11) is 1.59. The quantitative estimate of drug-likeness (QED) is 0.747. The highest BCUT2D eigenvalue weighted by Crippen LogP contribution is 2.27. The Bertz CT molecular complexity index is 707. The number of carbonyl (C=O) groups is 1. The van der Waals surface area contributed by atoms with Crippen LogP contribution in [0.3, 0.4) is 0 Å². The maximum absolute atomic E-state index is 12.1. The number of methoxy groups -OCH3 is 1. The SMILES string of the molecule is COc1ccc(Cl)cc1NCCC(=O)N[C@@H](C)c1cccc(Cl)c1. The number of ether oxygens (including phenoxy) is 1. The van der Waals surface area contributed by atoms with Gasteiger partial charge in [-0.3, -0.25) is 4.79 Å². The largest absolute Gasteiger partial charge is 0.495 e. The highest BCUT2D eigenvalue weighted by molar-refractivity contribution is 6.31. The van der Waals surface area contributed by atoms with E-state index in [1.54, 1.807) is 25.3 Å². The molecular formula is C18H20Cl2N2O2. The molecule has 0 bridgehead atoms. The number of rotatable bonds is 7. The van der Waals surface area contributed by atoms with Gasteiger partial charge in [-0.05, 0) is 42.8 Å². The Morgan fingerprint density at radius 1 is 1.17 bits per heavy atom. The van der Waals surface area contributed by atoms with Gasteiger partial charge < -0.3 is 15.4 Å². The van der Waals surface area contributed by atoms with E-state index in [9.17, 15) is 4.79 Å². The number of hydrogen-bond acceptors (Lipinski definition) is 3. The third-order valence-electron chi connectivity index (χ3n) is 3.56. The van der Waals surface area contributed by atoms with Gasteiger partial charge in [0.1, 0.15) is 5.75 Å². The minimum Gasteiger partial charge on any atom is -0.495 e. The van der Waals surface area contributed by atoms with Crippen molar-refractivity contribution < 1.29 is 9.53 Å². The van der Waals surface area contributed by atoms with Gasteiger partial charge in [-0.2, -0.15) is 0 Å². The monoisotopic (exact) mass is 366 g/mol. The molecule has 2 rings (SSSR count). The van der Waals surface area contributed by atoms with Crippen LogP contribution in [0.15, 0.2) is 42.5 Å². The molecule has 0 radical (unpaired) electrons. The van der Waals surface area contributed by atoms with E-state index in [0.29, 0.717) is 28.8 Å². The highest BCUT2D eigenvalue weighted by atomic mass is 35.5. The minimum absolute atomic E-state index is 0.0454. The lowest BCUT2D eigenvalue weighted by atomic mass is 10.1. The molecule has 1 amide bonds. The van der Waals surface area contributed by atoms with Gasteiger partial charge in [0.2, 0.25) is 5.91 Å². The normalized spacial score (nSPS) is 11.7. The first-order chi connectivity index (χ1) is 11.5. The van der Waals surface area contributed by atoms with Crippen molar-refractivity contribution in [3.63, 3.8) is 0 Å². The molecule has 4 nitrogen and oxygen atoms in total. The molecule has 0 spiro atoms. The molecule has 2 aromatic carbocycles. The summed E-state index contributed by atoms with van der Waals surface area (Å²) >= 11 is 12.0. The molecule has 0 saturated heterocycles. The van der Waals surface area contributed by atoms with Crippen molar-refractivity contribution in [1.82, 2.24) is 5.32 Å². The van der Waals surface area contributed by atoms with E-state index in [1.807, 2.05) is 31.2 Å². The van der Waals surface area contributed by atoms with Crippen LogP contribution in [0.1, 0.15) is 24.9 Å². The third kappa shape index (κ3) is 5.32. The maximum Gasteiger partial charge on any atom is 0.222 e. The lowest BCUT2D eigenvalue weighted by Gasteiger charge is -2.15. The Hall–Kier alpha value is -1.91. The summed E-state index contributed by atoms with van der Waals surface area (Å²) < 4.78 is 5.26. The molecule has 0 fully saturated rings. The summed E-state index contributed by atoms with van der Waals surface area (Å²) in [6.07, 6.45) is 0.334. The lowest BCUT2D eigenvalue weighted by molar-refractivity contribution is -0.121. The molecule has 0 unspecified atom stereocenters. The van der Waals surface area contributed by atoms with Crippen LogP contribution in [0.25, 0.3) is 0 Å². The van der Waals surface area contributed by atoms with Gasteiger partial charge in [0.05, 0.1) is 18.8 Å². The summed E-state index contributed by atoms with van der Waals surface area (Å²) in [4.78, 5) is 12.1. The maximum atomic E-state index is 12.1. The van der Waals surface area contributed by atoms with Gasteiger partial charge in [0.15, 0.2) is 0 Å². The smallest absolute Gasteiger partial charge is 0.222 e. The second-order valence-corrected chi connectivity index (χ2v) is 6.24. The first kappa shape index (κ1) is 18.4. The summed E-state index contributed by atoms with van der Waals surface area (Å²) in [6, 6.07) is 12.7. The van der Waals surface area contributed by atoms with Gasteiger partial charge in [-0.25, -0.2) is 0 Å². The second kappa shape index (κ2) is 8.81. The van der Waals surface area contributed by atoms with Gasteiger partial charge in [0, 0.05) is 23.0 Å². The molecule has 0 aromatic heterocycles. The van der Waals surface area contributed by atoms with Crippen LogP contribution in [0, 0.1) is 0 Å². The first-order valence-electron chi connectivity index (χ1n) is 7.62. The van der Waals surface area contributed by atoms with E-state index in [-0.39, 0.29) is 11.9 Å². The van der Waals surface area contributed by atoms with E-state index in [1.165, 1.54) is 0 Å². The fourth-order valence-corrected chi connectivity index (χ4v) is 2.67. The van der Waals surface area contributed by atoms with Crippen LogP contribution in [0.4, 0.5) is 5.69 Å². The molecule has 2 aromatic rings. The van der Waals surface area contributed by atoms with E-state index < -0.39 is 0 Å². The molecule has 24 heavy (non-hydrogen) atoms. The van der Waals surface area contributed by atoms with Crippen LogP contribution in [-0.2, 0) is 4.79 Å². The predicted octanol–water partition coefficient (Wildman–Crippen LogP) is 4.68. The Kier molecular flexibility index (Phi) is 6.76. The third-order valence-corrected chi connectivity index (χ3v) is 4.03. The van der Waals surface area contributed by atoms with Gasteiger partial charge in [0.25, 0.3) is 0 Å². The fourth-order valence-electron chi connectivity index (χ4n) is 2.30. The van der Waals surface area contributed by atoms with Crippen LogP contribution >= 0.6 is 23.2 Å². The molecule has 0 aliphatic rings. The summed E-state index contributed by atoms with van der Waals surface area (Å²) in [5.74, 6) is 0.642. The van der Waals surface area contributed by atoms with E-state index >= 15 is 0 Å². The van der Waals surface area contributed by atoms with E-state index in [0.717, 1.165) is 11.3 Å². The van der Waals surface area contributed by atoms with Crippen molar-refractivity contribution >= 4 is 34.8 Å². The Morgan fingerprint density at radius 3 is 2.62 bits per heavy atom. The average Bonchev–Trinajstić information content (AvgIpc) is 2.55. The molecule has 2 N–H and O–H groups in total. The van der Waals surface area contributed by atoms with Gasteiger partial charge in [-0.15, -0.1) is 0 Å². The zero-order valence-electron chi connectivity index (χ0n) is 13.6. The Morgan fingerprint density at radius 2 is 1.92 bits per heavy atom. The van der Waals surface area contributed by atoms with E-state index in [2.05, 4.69) is 10.6 Å². The number of nitrogens with one attached hydrogen (secondary N) is 2. The van der Waals surface area contributed by atoms with Crippen molar-refractivity contribution in [1.29, 1.82) is 0 Å². The molecule has 0 aliphatic carbocycles. The van der Waals surface area contributed by atoms with Crippen molar-refractivity contribution in [2.45, 2.75) is 19.4 Å². The zero-order chi connectivity index (χ0) is 17.5. The topological polar surface area (TPSA) is 50.4 Å². The standard InChI is InChI=1S/C18H20Cl2N2O2/c1-12(13-4-3-5-14(19)10-13)22-18(23)8-9-21-16-11-15(20)6-7-17(16)24-2/h3-7,10-12,21H,8-9H2,1-2H3,(H,22,23)/t12-/m0/s1. The summed E-state index contributed by atoms with van der Waals surface area (Å²) in [5.41, 5.74) is 1.74. The lowest BCUT2D eigenvalue weighted by Crippen LogP contribution is -2.28. The zero-order valence-corrected chi connectivity index (χ0v) is 15.1. The van der Waals surface area contributed by atoms with Crippen LogP contribution in [-0.4, -0.2) is 19.6 Å². The number of halogens is 2. The summed E-state index contributed by atoms with van der Waals surface area (Å²) in [6.45, 7) is 2.40.